The van der Waals surface area contributed by atoms with Gasteiger partial charge in [-0.25, -0.2) is 0 Å². The Hall–Kier alpha value is -2.11. The molecule has 0 amide bonds. The van der Waals surface area contributed by atoms with Gasteiger partial charge >= 0.3 is 5.82 Å². The van der Waals surface area contributed by atoms with E-state index < -0.39 is 4.92 Å². The summed E-state index contributed by atoms with van der Waals surface area (Å²) in [4.78, 5) is 14.1. The first-order valence-corrected chi connectivity index (χ1v) is 4.44. The SMILES string of the molecule is CNc1ccc2c([N+](=O)[O-])nc(C)n2c1. The number of imidazole rings is 1. The zero-order valence-corrected chi connectivity index (χ0v) is 8.39. The number of nitrogens with one attached hydrogen (secondary N) is 1. The molecule has 2 rings (SSSR count). The molecule has 0 saturated carbocycles. The fraction of sp³-hybridized carbons (Fsp3) is 0.222. The van der Waals surface area contributed by atoms with Crippen LogP contribution >= 0.6 is 0 Å². The molecule has 2 heterocycles. The number of rotatable bonds is 2. The van der Waals surface area contributed by atoms with E-state index in [0.29, 0.717) is 11.3 Å². The zero-order valence-electron chi connectivity index (χ0n) is 8.39. The van der Waals surface area contributed by atoms with Crippen molar-refractivity contribution in [2.45, 2.75) is 6.92 Å². The molecule has 0 radical (unpaired) electrons. The van der Waals surface area contributed by atoms with Crippen LogP contribution in [-0.4, -0.2) is 21.4 Å². The Morgan fingerprint density at radius 1 is 1.53 bits per heavy atom. The van der Waals surface area contributed by atoms with Crippen molar-refractivity contribution in [3.8, 4) is 0 Å². The molecule has 0 bridgehead atoms. The normalized spacial score (nSPS) is 10.5. The summed E-state index contributed by atoms with van der Waals surface area (Å²) in [5.41, 5.74) is 1.40. The average molecular weight is 206 g/mol. The van der Waals surface area contributed by atoms with Crippen LogP contribution in [0.15, 0.2) is 18.3 Å². The number of fused-ring (bicyclic) bond motifs is 1. The van der Waals surface area contributed by atoms with Crippen molar-refractivity contribution in [1.82, 2.24) is 9.38 Å². The van der Waals surface area contributed by atoms with Crippen LogP contribution in [0.25, 0.3) is 5.52 Å². The monoisotopic (exact) mass is 206 g/mol. The molecule has 0 unspecified atom stereocenters. The van der Waals surface area contributed by atoms with Crippen molar-refractivity contribution in [3.63, 3.8) is 0 Å². The van der Waals surface area contributed by atoms with Crippen molar-refractivity contribution in [2.75, 3.05) is 12.4 Å². The Morgan fingerprint density at radius 2 is 2.27 bits per heavy atom. The van der Waals surface area contributed by atoms with E-state index in [1.807, 2.05) is 0 Å². The number of hydrogen-bond donors (Lipinski definition) is 1. The van der Waals surface area contributed by atoms with Crippen LogP contribution < -0.4 is 5.32 Å². The van der Waals surface area contributed by atoms with Gasteiger partial charge in [0.15, 0.2) is 0 Å². The molecule has 0 saturated heterocycles. The number of pyridine rings is 1. The van der Waals surface area contributed by atoms with Crippen LogP contribution in [0.1, 0.15) is 5.82 Å². The maximum absolute atomic E-state index is 10.7. The molecular formula is C9H10N4O2. The molecular weight excluding hydrogens is 196 g/mol. The van der Waals surface area contributed by atoms with Gasteiger partial charge in [0.1, 0.15) is 5.52 Å². The molecule has 0 aliphatic rings. The van der Waals surface area contributed by atoms with Gasteiger partial charge in [-0.1, -0.05) is 0 Å². The summed E-state index contributed by atoms with van der Waals surface area (Å²) < 4.78 is 1.70. The van der Waals surface area contributed by atoms with E-state index in [1.54, 1.807) is 36.7 Å². The Morgan fingerprint density at radius 3 is 2.87 bits per heavy atom. The molecule has 0 aromatic carbocycles. The lowest BCUT2D eigenvalue weighted by molar-refractivity contribution is -0.387. The maximum atomic E-state index is 10.7. The number of anilines is 1. The van der Waals surface area contributed by atoms with Crippen molar-refractivity contribution in [2.24, 2.45) is 0 Å². The average Bonchev–Trinajstić information content (AvgIpc) is 2.56. The summed E-state index contributed by atoms with van der Waals surface area (Å²) in [6.07, 6.45) is 1.78. The molecule has 0 aliphatic carbocycles. The van der Waals surface area contributed by atoms with E-state index in [2.05, 4.69) is 10.3 Å². The molecule has 0 atom stereocenters. The maximum Gasteiger partial charge on any atom is 0.389 e. The van der Waals surface area contributed by atoms with Crippen LogP contribution in [0.5, 0.6) is 0 Å². The third kappa shape index (κ3) is 1.39. The zero-order chi connectivity index (χ0) is 11.0. The van der Waals surface area contributed by atoms with Crippen LogP contribution in [-0.2, 0) is 0 Å². The predicted octanol–water partition coefficient (Wildman–Crippen LogP) is 1.59. The van der Waals surface area contributed by atoms with Gasteiger partial charge in [0.2, 0.25) is 5.82 Å². The lowest BCUT2D eigenvalue weighted by atomic mass is 10.3. The number of aromatic nitrogens is 2. The highest BCUT2D eigenvalue weighted by Crippen LogP contribution is 2.21. The molecule has 2 aromatic rings. The van der Waals surface area contributed by atoms with Gasteiger partial charge in [-0.3, -0.25) is 4.40 Å². The summed E-state index contributed by atoms with van der Waals surface area (Å²) in [5, 5.41) is 13.7. The summed E-state index contributed by atoms with van der Waals surface area (Å²) >= 11 is 0. The second kappa shape index (κ2) is 3.23. The van der Waals surface area contributed by atoms with Gasteiger partial charge in [-0.05, 0) is 22.0 Å². The number of nitrogens with zero attached hydrogens (tertiary/aromatic N) is 3. The van der Waals surface area contributed by atoms with Crippen molar-refractivity contribution in [1.29, 1.82) is 0 Å². The fourth-order valence-electron chi connectivity index (χ4n) is 1.50. The summed E-state index contributed by atoms with van der Waals surface area (Å²) in [5.74, 6) is 0.504. The van der Waals surface area contributed by atoms with E-state index >= 15 is 0 Å². The highest BCUT2D eigenvalue weighted by molar-refractivity contribution is 5.65. The smallest absolute Gasteiger partial charge is 0.387 e. The van der Waals surface area contributed by atoms with Crippen LogP contribution in [0.3, 0.4) is 0 Å². The molecule has 0 aliphatic heterocycles. The first-order valence-electron chi connectivity index (χ1n) is 4.44. The molecule has 0 fully saturated rings. The fourth-order valence-corrected chi connectivity index (χ4v) is 1.50. The quantitative estimate of drug-likeness (QED) is 0.598. The molecule has 2 aromatic heterocycles. The minimum absolute atomic E-state index is 0.102. The largest absolute Gasteiger partial charge is 0.389 e. The second-order valence-corrected chi connectivity index (χ2v) is 3.16. The van der Waals surface area contributed by atoms with E-state index in [0.717, 1.165) is 5.69 Å². The number of hydrogen-bond acceptors (Lipinski definition) is 4. The van der Waals surface area contributed by atoms with Crippen LogP contribution in [0, 0.1) is 17.0 Å². The first kappa shape index (κ1) is 9.45. The highest BCUT2D eigenvalue weighted by atomic mass is 16.6. The first-order chi connectivity index (χ1) is 7.13. The molecule has 0 spiro atoms. The topological polar surface area (TPSA) is 72.5 Å². The van der Waals surface area contributed by atoms with Crippen molar-refractivity contribution in [3.05, 3.63) is 34.3 Å². The summed E-state index contributed by atoms with van der Waals surface area (Å²) in [6, 6.07) is 3.47. The van der Waals surface area contributed by atoms with Crippen molar-refractivity contribution < 1.29 is 4.92 Å². The Bertz CT molecular complexity index is 532. The molecule has 6 heteroatoms. The van der Waals surface area contributed by atoms with Gasteiger partial charge in [0.05, 0.1) is 5.69 Å². The molecule has 1 N–H and O–H groups in total. The highest BCUT2D eigenvalue weighted by Gasteiger charge is 2.18. The molecule has 15 heavy (non-hydrogen) atoms. The van der Waals surface area contributed by atoms with Gasteiger partial charge < -0.3 is 15.4 Å². The minimum atomic E-state index is -0.471. The molecule has 6 nitrogen and oxygen atoms in total. The lowest BCUT2D eigenvalue weighted by Crippen LogP contribution is -1.93. The van der Waals surface area contributed by atoms with E-state index in [4.69, 9.17) is 0 Å². The van der Waals surface area contributed by atoms with E-state index in [1.165, 1.54) is 0 Å². The second-order valence-electron chi connectivity index (χ2n) is 3.16. The van der Waals surface area contributed by atoms with E-state index in [9.17, 15) is 10.1 Å². The standard InChI is InChI=1S/C9H10N4O2/c1-6-11-9(13(14)15)8-4-3-7(10-2)5-12(6)8/h3-5,10H,1-2H3. The lowest BCUT2D eigenvalue weighted by Gasteiger charge is -2.00. The van der Waals surface area contributed by atoms with Gasteiger partial charge in [0, 0.05) is 20.2 Å². The Kier molecular flexibility index (Phi) is 2.03. The predicted molar refractivity (Wildman–Crippen MR) is 56.1 cm³/mol. The van der Waals surface area contributed by atoms with Gasteiger partial charge in [-0.15, -0.1) is 0 Å². The number of aryl methyl sites for hydroxylation is 1. The summed E-state index contributed by atoms with van der Waals surface area (Å²) in [6.45, 7) is 1.74. The minimum Gasteiger partial charge on any atom is -0.387 e. The summed E-state index contributed by atoms with van der Waals surface area (Å²) in [7, 11) is 1.79. The third-order valence-electron chi connectivity index (χ3n) is 2.26. The van der Waals surface area contributed by atoms with Gasteiger partial charge in [0.25, 0.3) is 0 Å². The van der Waals surface area contributed by atoms with Crippen molar-refractivity contribution >= 4 is 17.0 Å². The van der Waals surface area contributed by atoms with Gasteiger partial charge in [-0.2, -0.15) is 0 Å². The van der Waals surface area contributed by atoms with Crippen LogP contribution in [0.2, 0.25) is 0 Å². The molecule has 78 valence electrons. The third-order valence-corrected chi connectivity index (χ3v) is 2.26. The Balaban J connectivity index is 2.75. The Labute approximate surface area is 85.7 Å². The van der Waals surface area contributed by atoms with Crippen LogP contribution in [0.4, 0.5) is 11.5 Å². The van der Waals surface area contributed by atoms with E-state index in [-0.39, 0.29) is 5.82 Å². The number of nitro groups is 1.